The Morgan fingerprint density at radius 3 is 2.37 bits per heavy atom. The van der Waals surface area contributed by atoms with E-state index in [0.717, 1.165) is 9.86 Å². The predicted molar refractivity (Wildman–Crippen MR) is 72.1 cm³/mol. The molecular weight excluding hydrogens is 339 g/mol. The van der Waals surface area contributed by atoms with Gasteiger partial charge in [0, 0.05) is 15.2 Å². The van der Waals surface area contributed by atoms with Gasteiger partial charge in [-0.3, -0.25) is 0 Å². The van der Waals surface area contributed by atoms with Crippen molar-refractivity contribution in [1.29, 1.82) is 0 Å². The maximum atomic E-state index is 12.5. The molecule has 3 rings (SSSR count). The van der Waals surface area contributed by atoms with Gasteiger partial charge in [0.15, 0.2) is 0 Å². The van der Waals surface area contributed by atoms with E-state index < -0.39 is 10.5 Å². The molecule has 0 saturated carbocycles. The summed E-state index contributed by atoms with van der Waals surface area (Å²) in [6.45, 7) is 0. The van der Waals surface area contributed by atoms with Gasteiger partial charge in [-0.1, -0.05) is 19.8 Å². The molecule has 0 amide bonds. The van der Waals surface area contributed by atoms with E-state index in [1.54, 1.807) is 6.07 Å². The van der Waals surface area contributed by atoms with Gasteiger partial charge in [0.05, 0.1) is 0 Å². The fourth-order valence-corrected chi connectivity index (χ4v) is 2.59. The first-order chi connectivity index (χ1) is 8.92. The molecule has 0 atom stereocenters. The van der Waals surface area contributed by atoms with Crippen LogP contribution in [0.25, 0.3) is 21.9 Å². The van der Waals surface area contributed by atoms with Crippen LogP contribution in [0.5, 0.6) is 5.75 Å². The zero-order chi connectivity index (χ0) is 13.6. The van der Waals surface area contributed by atoms with Crippen LogP contribution in [0.3, 0.4) is 0 Å². The highest BCUT2D eigenvalue weighted by atomic mass is 79.9. The second-order valence-corrected chi connectivity index (χ2v) is 5.75. The SMILES string of the molecule is O=S(=O)(F)Oc1ccc2oc3ccc(Br)cc3c2c1. The first-order valence-electron chi connectivity index (χ1n) is 5.18. The lowest BCUT2D eigenvalue weighted by molar-refractivity contribution is 0.440. The van der Waals surface area contributed by atoms with E-state index >= 15 is 0 Å². The minimum atomic E-state index is -5.03. The van der Waals surface area contributed by atoms with Crippen molar-refractivity contribution in [2.24, 2.45) is 0 Å². The average Bonchev–Trinajstić information content (AvgIpc) is 2.65. The van der Waals surface area contributed by atoms with Crippen LogP contribution in [0.2, 0.25) is 0 Å². The highest BCUT2D eigenvalue weighted by Gasteiger charge is 2.13. The van der Waals surface area contributed by atoms with Gasteiger partial charge < -0.3 is 8.60 Å². The molecule has 1 heterocycles. The third kappa shape index (κ3) is 2.43. The van der Waals surface area contributed by atoms with Gasteiger partial charge in [0.25, 0.3) is 0 Å². The van der Waals surface area contributed by atoms with Crippen molar-refractivity contribution in [2.75, 3.05) is 0 Å². The van der Waals surface area contributed by atoms with Crippen LogP contribution in [0.1, 0.15) is 0 Å². The Hall–Kier alpha value is -1.60. The van der Waals surface area contributed by atoms with Crippen LogP contribution in [0, 0.1) is 0 Å². The highest BCUT2D eigenvalue weighted by molar-refractivity contribution is 9.10. The largest absolute Gasteiger partial charge is 0.488 e. The van der Waals surface area contributed by atoms with Crippen LogP contribution >= 0.6 is 15.9 Å². The molecule has 3 aromatic rings. The van der Waals surface area contributed by atoms with Crippen molar-refractivity contribution < 1.29 is 20.9 Å². The smallest absolute Gasteiger partial charge is 0.456 e. The van der Waals surface area contributed by atoms with Gasteiger partial charge in [0.2, 0.25) is 0 Å². The standard InChI is InChI=1S/C12H6BrFO4S/c13-7-1-3-11-9(5-7)10-6-8(18-19(14,15)16)2-4-12(10)17-11/h1-6H. The Bertz CT molecular complexity index is 885. The minimum absolute atomic E-state index is 0.0994. The van der Waals surface area contributed by atoms with Gasteiger partial charge >= 0.3 is 10.5 Å². The summed E-state index contributed by atoms with van der Waals surface area (Å²) >= 11 is 3.34. The Kier molecular flexibility index (Phi) is 2.75. The molecule has 19 heavy (non-hydrogen) atoms. The summed E-state index contributed by atoms with van der Waals surface area (Å²) in [5.74, 6) is -0.0994. The molecule has 0 fully saturated rings. The molecule has 98 valence electrons. The van der Waals surface area contributed by atoms with Crippen molar-refractivity contribution in [2.45, 2.75) is 0 Å². The van der Waals surface area contributed by atoms with E-state index in [1.165, 1.54) is 18.2 Å². The second-order valence-electron chi connectivity index (χ2n) is 3.88. The fourth-order valence-electron chi connectivity index (χ4n) is 1.90. The van der Waals surface area contributed by atoms with Crippen molar-refractivity contribution in [3.63, 3.8) is 0 Å². The monoisotopic (exact) mass is 344 g/mol. The third-order valence-corrected chi connectivity index (χ3v) is 3.48. The van der Waals surface area contributed by atoms with Gasteiger partial charge in [0.1, 0.15) is 16.9 Å². The topological polar surface area (TPSA) is 56.5 Å². The first-order valence-corrected chi connectivity index (χ1v) is 7.28. The molecule has 0 unspecified atom stereocenters. The number of hydrogen-bond acceptors (Lipinski definition) is 4. The van der Waals surface area contributed by atoms with Crippen molar-refractivity contribution >= 4 is 48.4 Å². The van der Waals surface area contributed by atoms with Crippen LogP contribution < -0.4 is 4.18 Å². The zero-order valence-electron chi connectivity index (χ0n) is 9.26. The summed E-state index contributed by atoms with van der Waals surface area (Å²) in [6.07, 6.45) is 0. The summed E-state index contributed by atoms with van der Waals surface area (Å²) in [7, 11) is -5.03. The van der Waals surface area contributed by atoms with Gasteiger partial charge in [-0.05, 0) is 36.4 Å². The molecule has 1 aromatic heterocycles. The molecule has 0 aliphatic heterocycles. The normalized spacial score (nSPS) is 12.1. The maximum absolute atomic E-state index is 12.5. The lowest BCUT2D eigenvalue weighted by atomic mass is 10.1. The second kappa shape index (κ2) is 4.21. The molecule has 2 aromatic carbocycles. The van der Waals surface area contributed by atoms with E-state index in [9.17, 15) is 12.3 Å². The van der Waals surface area contributed by atoms with Crippen LogP contribution in [-0.4, -0.2) is 8.42 Å². The number of benzene rings is 2. The van der Waals surface area contributed by atoms with E-state index in [0.29, 0.717) is 16.6 Å². The number of halogens is 2. The molecule has 7 heteroatoms. The lowest BCUT2D eigenvalue weighted by Crippen LogP contribution is -2.00. The Morgan fingerprint density at radius 1 is 1.05 bits per heavy atom. The molecule has 4 nitrogen and oxygen atoms in total. The van der Waals surface area contributed by atoms with Crippen molar-refractivity contribution in [1.82, 2.24) is 0 Å². The van der Waals surface area contributed by atoms with Crippen LogP contribution in [0.4, 0.5) is 3.89 Å². The Balaban J connectivity index is 2.26. The van der Waals surface area contributed by atoms with Gasteiger partial charge in [-0.15, -0.1) is 0 Å². The summed E-state index contributed by atoms with van der Waals surface area (Å²) in [5, 5.41) is 1.43. The lowest BCUT2D eigenvalue weighted by Gasteiger charge is -1.99. The summed E-state index contributed by atoms with van der Waals surface area (Å²) < 4.78 is 44.1. The summed E-state index contributed by atoms with van der Waals surface area (Å²) in [5.41, 5.74) is 1.22. The molecule has 0 aliphatic carbocycles. The van der Waals surface area contributed by atoms with Gasteiger partial charge in [-0.25, -0.2) is 0 Å². The zero-order valence-corrected chi connectivity index (χ0v) is 11.7. The quantitative estimate of drug-likeness (QED) is 0.660. The summed E-state index contributed by atoms with van der Waals surface area (Å²) in [6, 6.07) is 9.72. The first kappa shape index (κ1) is 12.4. The predicted octanol–water partition coefficient (Wildman–Crippen LogP) is 3.94. The average molecular weight is 345 g/mol. The summed E-state index contributed by atoms with van der Waals surface area (Å²) in [4.78, 5) is 0. The number of hydrogen-bond donors (Lipinski definition) is 0. The molecular formula is C12H6BrFO4S. The number of furan rings is 1. The van der Waals surface area contributed by atoms with E-state index in [4.69, 9.17) is 4.42 Å². The molecule has 0 bridgehead atoms. The van der Waals surface area contributed by atoms with E-state index in [2.05, 4.69) is 20.1 Å². The highest BCUT2D eigenvalue weighted by Crippen LogP contribution is 2.33. The molecule has 0 N–H and O–H groups in total. The number of fused-ring (bicyclic) bond motifs is 3. The molecule has 0 radical (unpaired) electrons. The van der Waals surface area contributed by atoms with E-state index in [1.807, 2.05) is 12.1 Å². The van der Waals surface area contributed by atoms with Crippen LogP contribution in [-0.2, 0) is 10.5 Å². The van der Waals surface area contributed by atoms with Crippen molar-refractivity contribution in [3.05, 3.63) is 40.9 Å². The molecule has 0 saturated heterocycles. The van der Waals surface area contributed by atoms with E-state index in [-0.39, 0.29) is 5.75 Å². The Labute approximate surface area is 116 Å². The van der Waals surface area contributed by atoms with Gasteiger partial charge in [-0.2, -0.15) is 8.42 Å². The molecule has 0 aliphatic rings. The third-order valence-electron chi connectivity index (χ3n) is 2.60. The maximum Gasteiger partial charge on any atom is 0.488 e. The fraction of sp³-hybridized carbons (Fsp3) is 0. The molecule has 0 spiro atoms. The Morgan fingerprint density at radius 2 is 1.68 bits per heavy atom. The van der Waals surface area contributed by atoms with Crippen molar-refractivity contribution in [3.8, 4) is 5.75 Å². The van der Waals surface area contributed by atoms with Crippen LogP contribution in [0.15, 0.2) is 45.3 Å². The minimum Gasteiger partial charge on any atom is -0.456 e. The number of rotatable bonds is 2.